The van der Waals surface area contributed by atoms with Crippen molar-refractivity contribution in [3.8, 4) is 5.75 Å². The van der Waals surface area contributed by atoms with Crippen molar-refractivity contribution in [2.45, 2.75) is 19.1 Å². The van der Waals surface area contributed by atoms with Crippen molar-refractivity contribution >= 4 is 11.8 Å². The molecule has 0 aliphatic rings. The molecule has 0 fully saturated rings. The molecule has 0 unspecified atom stereocenters. The molecule has 2 rings (SSSR count). The van der Waals surface area contributed by atoms with Crippen LogP contribution in [-0.2, 0) is 9.59 Å². The molecule has 0 radical (unpaired) electrons. The van der Waals surface area contributed by atoms with E-state index in [0.717, 1.165) is 0 Å². The van der Waals surface area contributed by atoms with Gasteiger partial charge in [-0.15, -0.1) is 0 Å². The Kier molecular flexibility index (Phi) is 5.14. The van der Waals surface area contributed by atoms with Crippen LogP contribution in [0.5, 0.6) is 5.75 Å². The number of para-hydroxylation sites is 1. The summed E-state index contributed by atoms with van der Waals surface area (Å²) in [6, 6.07) is 17.3. The average Bonchev–Trinajstić information content (AvgIpc) is 2.54. The van der Waals surface area contributed by atoms with Crippen molar-refractivity contribution in [3.63, 3.8) is 0 Å². The van der Waals surface area contributed by atoms with E-state index in [2.05, 4.69) is 5.32 Å². The Morgan fingerprint density at radius 1 is 1.00 bits per heavy atom. The molecule has 5 nitrogen and oxygen atoms in total. The molecule has 2 aromatic carbocycles. The maximum absolute atomic E-state index is 12.4. The summed E-state index contributed by atoms with van der Waals surface area (Å²) in [4.78, 5) is 23.5. The molecule has 0 spiro atoms. The van der Waals surface area contributed by atoms with Gasteiger partial charge in [0.2, 0.25) is 12.0 Å². The third kappa shape index (κ3) is 4.09. The van der Waals surface area contributed by atoms with Crippen molar-refractivity contribution in [1.82, 2.24) is 5.32 Å². The van der Waals surface area contributed by atoms with E-state index in [-0.39, 0.29) is 0 Å². The first-order valence-electron chi connectivity index (χ1n) is 6.94. The van der Waals surface area contributed by atoms with Gasteiger partial charge in [0, 0.05) is 5.56 Å². The highest BCUT2D eigenvalue weighted by Crippen LogP contribution is 2.22. The van der Waals surface area contributed by atoms with Gasteiger partial charge in [0.25, 0.3) is 5.91 Å². The Labute approximate surface area is 129 Å². The summed E-state index contributed by atoms with van der Waals surface area (Å²) < 4.78 is 5.78. The lowest BCUT2D eigenvalue weighted by Crippen LogP contribution is -2.45. The quantitative estimate of drug-likeness (QED) is 0.853. The Morgan fingerprint density at radius 2 is 1.55 bits per heavy atom. The number of carbonyl (C=O) groups is 2. The number of nitrogens with one attached hydrogen (secondary N) is 1. The van der Waals surface area contributed by atoms with Gasteiger partial charge in [-0.05, 0) is 19.1 Å². The summed E-state index contributed by atoms with van der Waals surface area (Å²) in [5, 5.41) is 2.56. The molecule has 0 aliphatic heterocycles. The molecule has 22 heavy (non-hydrogen) atoms. The number of nitrogens with two attached hydrogens (primary N) is 1. The maximum atomic E-state index is 12.4. The van der Waals surface area contributed by atoms with Gasteiger partial charge in [0.05, 0.1) is 0 Å². The fourth-order valence-corrected chi connectivity index (χ4v) is 1.90. The molecule has 0 aromatic heterocycles. The van der Waals surface area contributed by atoms with Crippen LogP contribution in [0, 0.1) is 0 Å². The van der Waals surface area contributed by atoms with E-state index >= 15 is 0 Å². The van der Waals surface area contributed by atoms with Crippen molar-refractivity contribution in [2.75, 3.05) is 0 Å². The van der Waals surface area contributed by atoms with Crippen LogP contribution in [0.3, 0.4) is 0 Å². The molecule has 3 N–H and O–H groups in total. The highest BCUT2D eigenvalue weighted by atomic mass is 16.5. The number of amides is 2. The first-order chi connectivity index (χ1) is 10.6. The number of rotatable bonds is 6. The van der Waals surface area contributed by atoms with E-state index in [0.29, 0.717) is 11.3 Å². The van der Waals surface area contributed by atoms with Crippen LogP contribution in [-0.4, -0.2) is 17.9 Å². The number of carbonyl (C=O) groups excluding carboxylic acids is 2. The highest BCUT2D eigenvalue weighted by molar-refractivity contribution is 5.89. The van der Waals surface area contributed by atoms with E-state index in [1.165, 1.54) is 6.92 Å². The second-order valence-corrected chi connectivity index (χ2v) is 4.85. The van der Waals surface area contributed by atoms with Gasteiger partial charge in [0.1, 0.15) is 11.8 Å². The molecule has 2 aromatic rings. The normalized spacial score (nSPS) is 13.0. The van der Waals surface area contributed by atoms with E-state index in [4.69, 9.17) is 10.5 Å². The van der Waals surface area contributed by atoms with E-state index < -0.39 is 24.0 Å². The molecule has 0 saturated carbocycles. The largest absolute Gasteiger partial charge is 0.476 e. The Bertz CT molecular complexity index is 629. The SMILES string of the molecule is C[C@@H](NC(=O)[C@@H](Oc1ccccc1)c1ccccc1)C(N)=O. The topological polar surface area (TPSA) is 81.4 Å². The van der Waals surface area contributed by atoms with Gasteiger partial charge < -0.3 is 15.8 Å². The van der Waals surface area contributed by atoms with Crippen molar-refractivity contribution < 1.29 is 14.3 Å². The van der Waals surface area contributed by atoms with Crippen LogP contribution in [0.4, 0.5) is 0 Å². The van der Waals surface area contributed by atoms with Gasteiger partial charge in [-0.1, -0.05) is 48.5 Å². The second kappa shape index (κ2) is 7.26. The summed E-state index contributed by atoms with van der Waals surface area (Å²) in [6.07, 6.45) is -0.856. The third-order valence-corrected chi connectivity index (χ3v) is 3.12. The number of hydrogen-bond acceptors (Lipinski definition) is 3. The summed E-state index contributed by atoms with van der Waals surface area (Å²) in [5.74, 6) is -0.445. The third-order valence-electron chi connectivity index (χ3n) is 3.12. The van der Waals surface area contributed by atoms with Crippen LogP contribution in [0.2, 0.25) is 0 Å². The molecule has 2 amide bonds. The summed E-state index contributed by atoms with van der Waals surface area (Å²) >= 11 is 0. The standard InChI is InChI=1S/C17H18N2O3/c1-12(16(18)20)19-17(21)15(13-8-4-2-5-9-13)22-14-10-6-3-7-11-14/h2-12,15H,1H3,(H2,18,20)(H,19,21)/t12-,15+/m1/s1. The van der Waals surface area contributed by atoms with Crippen molar-refractivity contribution in [2.24, 2.45) is 5.73 Å². The number of ether oxygens (including phenoxy) is 1. The monoisotopic (exact) mass is 298 g/mol. The summed E-state index contributed by atoms with van der Waals surface area (Å²) in [7, 11) is 0. The Balaban J connectivity index is 2.22. The van der Waals surface area contributed by atoms with Crippen molar-refractivity contribution in [1.29, 1.82) is 0 Å². The average molecular weight is 298 g/mol. The fourth-order valence-electron chi connectivity index (χ4n) is 1.90. The van der Waals surface area contributed by atoms with Crippen LogP contribution in [0.15, 0.2) is 60.7 Å². The predicted octanol–water partition coefficient (Wildman–Crippen LogP) is 1.80. The molecule has 0 heterocycles. The van der Waals surface area contributed by atoms with Gasteiger partial charge >= 0.3 is 0 Å². The smallest absolute Gasteiger partial charge is 0.266 e. The van der Waals surface area contributed by atoms with Gasteiger partial charge in [-0.25, -0.2) is 0 Å². The van der Waals surface area contributed by atoms with E-state index in [1.54, 1.807) is 24.3 Å². The van der Waals surface area contributed by atoms with E-state index in [1.807, 2.05) is 36.4 Å². The Hall–Kier alpha value is -2.82. The fraction of sp³-hybridized carbons (Fsp3) is 0.176. The number of hydrogen-bond donors (Lipinski definition) is 2. The summed E-state index contributed by atoms with van der Waals surface area (Å²) in [5.41, 5.74) is 5.88. The first kappa shape index (κ1) is 15.6. The van der Waals surface area contributed by atoms with Crippen LogP contribution >= 0.6 is 0 Å². The van der Waals surface area contributed by atoms with Crippen molar-refractivity contribution in [3.05, 3.63) is 66.2 Å². The molecule has 114 valence electrons. The summed E-state index contributed by atoms with van der Waals surface area (Å²) in [6.45, 7) is 1.53. The minimum Gasteiger partial charge on any atom is -0.476 e. The minimum absolute atomic E-state index is 0.415. The zero-order valence-electron chi connectivity index (χ0n) is 12.2. The van der Waals surface area contributed by atoms with E-state index in [9.17, 15) is 9.59 Å². The highest BCUT2D eigenvalue weighted by Gasteiger charge is 2.25. The minimum atomic E-state index is -0.856. The number of benzene rings is 2. The molecule has 5 heteroatoms. The molecule has 0 saturated heterocycles. The molecule has 0 aliphatic carbocycles. The first-order valence-corrected chi connectivity index (χ1v) is 6.94. The van der Waals surface area contributed by atoms with Crippen LogP contribution < -0.4 is 15.8 Å². The second-order valence-electron chi connectivity index (χ2n) is 4.85. The molecule has 2 atom stereocenters. The zero-order chi connectivity index (χ0) is 15.9. The maximum Gasteiger partial charge on any atom is 0.266 e. The zero-order valence-corrected chi connectivity index (χ0v) is 12.2. The molecule has 0 bridgehead atoms. The van der Waals surface area contributed by atoms with Gasteiger partial charge in [-0.2, -0.15) is 0 Å². The lowest BCUT2D eigenvalue weighted by molar-refractivity contribution is -0.132. The molecular formula is C17H18N2O3. The Morgan fingerprint density at radius 3 is 2.09 bits per heavy atom. The predicted molar refractivity (Wildman–Crippen MR) is 83.1 cm³/mol. The lowest BCUT2D eigenvalue weighted by atomic mass is 10.1. The van der Waals surface area contributed by atoms with Crippen LogP contribution in [0.25, 0.3) is 0 Å². The molecular weight excluding hydrogens is 280 g/mol. The van der Waals surface area contributed by atoms with Gasteiger partial charge in [0.15, 0.2) is 0 Å². The lowest BCUT2D eigenvalue weighted by Gasteiger charge is -2.20. The van der Waals surface area contributed by atoms with Gasteiger partial charge in [-0.3, -0.25) is 9.59 Å². The number of primary amides is 1. The van der Waals surface area contributed by atoms with Crippen LogP contribution in [0.1, 0.15) is 18.6 Å².